The Labute approximate surface area is 195 Å². The fourth-order valence-electron chi connectivity index (χ4n) is 1.36. The minimum Gasteiger partial charge on any atom is -0.480 e. The molecule has 18 N–H and O–H groups in total. The van der Waals surface area contributed by atoms with Crippen molar-refractivity contribution in [3.8, 4) is 0 Å². The zero-order chi connectivity index (χ0) is 27.9. The van der Waals surface area contributed by atoms with Crippen LogP contribution < -0.4 is 40.1 Å². The van der Waals surface area contributed by atoms with Crippen LogP contribution in [0.25, 0.3) is 0 Å². The summed E-state index contributed by atoms with van der Waals surface area (Å²) in [6, 6.07) is -2.86. The SMILES string of the molecule is NC(=O)CC[C@H](N)C(=O)O.NC(=O)C[C@H](N)C(=O)O.NCC(=O)O.NCCCC[C@H](N)C(=O)O. The van der Waals surface area contributed by atoms with E-state index in [-0.39, 0.29) is 25.8 Å². The average molecular weight is 500 g/mol. The second-order valence-corrected chi connectivity index (χ2v) is 6.39. The lowest BCUT2D eigenvalue weighted by atomic mass is 10.1. The van der Waals surface area contributed by atoms with Crippen LogP contribution in [0.3, 0.4) is 0 Å². The molecule has 0 rings (SSSR count). The number of aliphatic carboxylic acids is 4. The first-order chi connectivity index (χ1) is 15.5. The smallest absolute Gasteiger partial charge is 0.321 e. The van der Waals surface area contributed by atoms with Crippen molar-refractivity contribution in [3.05, 3.63) is 0 Å². The van der Waals surface area contributed by atoms with E-state index in [9.17, 15) is 28.8 Å². The number of hydrogen-bond acceptors (Lipinski definition) is 11. The lowest BCUT2D eigenvalue weighted by molar-refractivity contribution is -0.140. The third-order valence-electron chi connectivity index (χ3n) is 3.22. The van der Waals surface area contributed by atoms with Gasteiger partial charge in [0.2, 0.25) is 11.8 Å². The molecule has 0 aromatic carbocycles. The molecule has 0 saturated carbocycles. The molecule has 17 heteroatoms. The van der Waals surface area contributed by atoms with E-state index in [4.69, 9.17) is 49.1 Å². The van der Waals surface area contributed by atoms with Crippen LogP contribution in [0.1, 0.15) is 38.5 Å². The molecule has 2 amide bonds. The summed E-state index contributed by atoms with van der Waals surface area (Å²) >= 11 is 0. The van der Waals surface area contributed by atoms with Gasteiger partial charge in [-0.25, -0.2) is 0 Å². The Morgan fingerprint density at radius 1 is 0.618 bits per heavy atom. The van der Waals surface area contributed by atoms with Crippen molar-refractivity contribution in [2.24, 2.45) is 40.1 Å². The molecule has 17 nitrogen and oxygen atoms in total. The Bertz CT molecular complexity index is 634. The van der Waals surface area contributed by atoms with E-state index in [0.717, 1.165) is 12.8 Å². The number of carboxylic acid groups (broad SMARTS) is 4. The molecule has 200 valence electrons. The minimum atomic E-state index is -1.21. The van der Waals surface area contributed by atoms with E-state index in [1.165, 1.54) is 0 Å². The summed E-state index contributed by atoms with van der Waals surface area (Å²) in [5.74, 6) is -5.46. The summed E-state index contributed by atoms with van der Waals surface area (Å²) in [6.45, 7) is 0.326. The fourth-order valence-corrected chi connectivity index (χ4v) is 1.36. The van der Waals surface area contributed by atoms with Gasteiger partial charge in [0.05, 0.1) is 13.0 Å². The summed E-state index contributed by atoms with van der Waals surface area (Å²) in [6.07, 6.45) is 1.98. The molecule has 0 radical (unpaired) electrons. The van der Waals surface area contributed by atoms with Crippen molar-refractivity contribution in [1.82, 2.24) is 0 Å². The Morgan fingerprint density at radius 2 is 1.00 bits per heavy atom. The predicted molar refractivity (Wildman–Crippen MR) is 119 cm³/mol. The second kappa shape index (κ2) is 24.3. The van der Waals surface area contributed by atoms with Crippen molar-refractivity contribution in [2.75, 3.05) is 13.1 Å². The van der Waals surface area contributed by atoms with Gasteiger partial charge >= 0.3 is 23.9 Å². The molecule has 0 aromatic heterocycles. The van der Waals surface area contributed by atoms with Crippen molar-refractivity contribution in [3.63, 3.8) is 0 Å². The zero-order valence-corrected chi connectivity index (χ0v) is 18.7. The third-order valence-corrected chi connectivity index (χ3v) is 3.22. The quantitative estimate of drug-likeness (QED) is 0.106. The summed E-state index contributed by atoms with van der Waals surface area (Å²) in [7, 11) is 0. The minimum absolute atomic E-state index is 0.0213. The van der Waals surface area contributed by atoms with Crippen molar-refractivity contribution in [2.45, 2.75) is 56.7 Å². The second-order valence-electron chi connectivity index (χ2n) is 6.39. The lowest BCUT2D eigenvalue weighted by Gasteiger charge is -2.03. The normalized spacial score (nSPS) is 11.9. The number of nitrogens with two attached hydrogens (primary N) is 7. The summed E-state index contributed by atoms with van der Waals surface area (Å²) < 4.78 is 0. The molecule has 0 bridgehead atoms. The van der Waals surface area contributed by atoms with Crippen molar-refractivity contribution < 1.29 is 49.2 Å². The van der Waals surface area contributed by atoms with Crippen molar-refractivity contribution >= 4 is 35.7 Å². The monoisotopic (exact) mass is 499 g/mol. The maximum Gasteiger partial charge on any atom is 0.321 e. The first-order valence-corrected chi connectivity index (χ1v) is 9.66. The number of carbonyl (C=O) groups excluding carboxylic acids is 2. The highest BCUT2D eigenvalue weighted by Crippen LogP contribution is 1.97. The molecule has 0 aliphatic heterocycles. The number of rotatable bonds is 13. The average Bonchev–Trinajstić information content (AvgIpc) is 2.72. The number of unbranched alkanes of at least 4 members (excludes halogenated alkanes) is 1. The third kappa shape index (κ3) is 36.0. The molecule has 0 aliphatic carbocycles. The largest absolute Gasteiger partial charge is 0.480 e. The summed E-state index contributed by atoms with van der Waals surface area (Å²) in [5.41, 5.74) is 34.4. The molecule has 0 fully saturated rings. The maximum absolute atomic E-state index is 10.1. The Balaban J connectivity index is -0.000000181. The van der Waals surface area contributed by atoms with Crippen LogP contribution in [0.4, 0.5) is 0 Å². The highest BCUT2D eigenvalue weighted by Gasteiger charge is 2.13. The van der Waals surface area contributed by atoms with E-state index in [1.807, 2.05) is 0 Å². The van der Waals surface area contributed by atoms with E-state index in [0.29, 0.717) is 13.0 Å². The first kappa shape index (κ1) is 37.9. The molecular weight excluding hydrogens is 462 g/mol. The molecular formula is C17H37N7O10. The number of amides is 2. The van der Waals surface area contributed by atoms with Gasteiger partial charge in [-0.3, -0.25) is 28.8 Å². The molecule has 0 aromatic rings. The molecule has 0 unspecified atom stereocenters. The van der Waals surface area contributed by atoms with Gasteiger partial charge in [-0.2, -0.15) is 0 Å². The highest BCUT2D eigenvalue weighted by molar-refractivity contribution is 5.83. The van der Waals surface area contributed by atoms with Crippen LogP contribution >= 0.6 is 0 Å². The molecule has 0 heterocycles. The van der Waals surface area contributed by atoms with Gasteiger partial charge in [-0.15, -0.1) is 0 Å². The van der Waals surface area contributed by atoms with E-state index >= 15 is 0 Å². The van der Waals surface area contributed by atoms with Crippen LogP contribution in [0.5, 0.6) is 0 Å². The number of carbonyl (C=O) groups is 6. The molecule has 3 atom stereocenters. The highest BCUT2D eigenvalue weighted by atomic mass is 16.4. The predicted octanol–water partition coefficient (Wildman–Crippen LogP) is -4.51. The Morgan fingerprint density at radius 3 is 1.24 bits per heavy atom. The van der Waals surface area contributed by atoms with Gasteiger partial charge in [0.25, 0.3) is 0 Å². The van der Waals surface area contributed by atoms with Crippen LogP contribution in [0, 0.1) is 0 Å². The Hall–Kier alpha value is -3.38. The standard InChI is InChI=1S/C6H14N2O2.C5H10N2O3.C4H8N2O3.C2H5NO2/c7-4-2-1-3-5(8)6(9)10;6-3(5(9)10)1-2-4(7)8;5-2(4(8)9)1-3(6)7;3-1-2(4)5/h5H,1-4,7-8H2,(H,9,10);3H,1-2,6H2,(H2,7,8)(H,9,10);2H,1,5H2,(H2,6,7)(H,8,9);1,3H2,(H,4,5)/t5-;3-;2-;/m000./s1. The number of carboxylic acids is 4. The number of primary amides is 2. The maximum atomic E-state index is 10.1. The molecule has 0 aliphatic rings. The van der Waals surface area contributed by atoms with Crippen LogP contribution in [-0.4, -0.2) is 87.3 Å². The van der Waals surface area contributed by atoms with E-state index in [2.05, 4.69) is 11.5 Å². The zero-order valence-electron chi connectivity index (χ0n) is 18.7. The van der Waals surface area contributed by atoms with Gasteiger partial charge < -0.3 is 60.6 Å². The van der Waals surface area contributed by atoms with E-state index < -0.39 is 53.8 Å². The van der Waals surface area contributed by atoms with Crippen molar-refractivity contribution in [1.29, 1.82) is 0 Å². The molecule has 34 heavy (non-hydrogen) atoms. The van der Waals surface area contributed by atoms with Gasteiger partial charge in [-0.1, -0.05) is 6.42 Å². The van der Waals surface area contributed by atoms with E-state index in [1.54, 1.807) is 0 Å². The first-order valence-electron chi connectivity index (χ1n) is 9.66. The Kier molecular flexibility index (Phi) is 27.1. The van der Waals surface area contributed by atoms with Gasteiger partial charge in [0, 0.05) is 6.42 Å². The lowest BCUT2D eigenvalue weighted by Crippen LogP contribution is -2.34. The summed E-state index contributed by atoms with van der Waals surface area (Å²) in [4.78, 5) is 59.4. The molecule has 0 saturated heterocycles. The topological polar surface area (TPSA) is 365 Å². The summed E-state index contributed by atoms with van der Waals surface area (Å²) in [5, 5.41) is 32.2. The van der Waals surface area contributed by atoms with Gasteiger partial charge in [-0.05, 0) is 25.8 Å². The van der Waals surface area contributed by atoms with Crippen LogP contribution in [0.15, 0.2) is 0 Å². The van der Waals surface area contributed by atoms with Crippen LogP contribution in [-0.2, 0) is 28.8 Å². The van der Waals surface area contributed by atoms with Gasteiger partial charge in [0.15, 0.2) is 0 Å². The number of hydrogen-bond donors (Lipinski definition) is 11. The fraction of sp³-hybridized carbons (Fsp3) is 0.647. The van der Waals surface area contributed by atoms with Gasteiger partial charge in [0.1, 0.15) is 18.1 Å². The van der Waals surface area contributed by atoms with Crippen LogP contribution in [0.2, 0.25) is 0 Å². The molecule has 0 spiro atoms.